The van der Waals surface area contributed by atoms with Crippen LogP contribution in [0.15, 0.2) is 34.6 Å². The van der Waals surface area contributed by atoms with Gasteiger partial charge in [0.1, 0.15) is 0 Å². The smallest absolute Gasteiger partial charge is 0.290 e. The molecule has 3 heterocycles. The van der Waals surface area contributed by atoms with Crippen molar-refractivity contribution in [1.29, 1.82) is 0 Å². The molecule has 1 aromatic rings. The molecule has 7 nitrogen and oxygen atoms in total. The zero-order valence-electron chi connectivity index (χ0n) is 19.3. The highest BCUT2D eigenvalue weighted by atomic mass is 16.3. The highest BCUT2D eigenvalue weighted by Crippen LogP contribution is 2.41. The average Bonchev–Trinajstić information content (AvgIpc) is 3.29. The van der Waals surface area contributed by atoms with Crippen LogP contribution in [0.1, 0.15) is 70.0 Å². The number of rotatable bonds is 6. The quantitative estimate of drug-likeness (QED) is 0.521. The fourth-order valence-corrected chi connectivity index (χ4v) is 5.65. The summed E-state index contributed by atoms with van der Waals surface area (Å²) >= 11 is 0. The third-order valence-electron chi connectivity index (χ3n) is 7.08. The third-order valence-corrected chi connectivity index (χ3v) is 7.08. The lowest BCUT2D eigenvalue weighted by Crippen LogP contribution is -2.52. The van der Waals surface area contributed by atoms with E-state index in [9.17, 15) is 9.59 Å². The first-order chi connectivity index (χ1) is 15.4. The molecule has 0 aromatic carbocycles. The standard InChI is InChI=1S/C24H35N3O2.CH2O2/c1-17(2)7-6-12-26-15-19-13-20(16-26)22(27-21(19)10-5-11-23(27)28)14-25-24(29)18-8-3-4-9-18;2-1-3/h5,7,10-11,18-20,22H,3-4,6,8-9,12-16H2,1-2H3,(H,25,29);1H,(H,2,3)/t19-,20+,22+;/m1./s1. The van der Waals surface area contributed by atoms with Crippen molar-refractivity contribution in [2.75, 3.05) is 26.2 Å². The summed E-state index contributed by atoms with van der Waals surface area (Å²) < 4.78 is 2.00. The molecule has 4 rings (SSSR count). The van der Waals surface area contributed by atoms with Crippen LogP contribution in [0.4, 0.5) is 0 Å². The number of pyridine rings is 1. The van der Waals surface area contributed by atoms with Gasteiger partial charge < -0.3 is 19.9 Å². The lowest BCUT2D eigenvalue weighted by atomic mass is 9.78. The second-order valence-electron chi connectivity index (χ2n) is 9.58. The van der Waals surface area contributed by atoms with Crippen LogP contribution in [0.25, 0.3) is 0 Å². The van der Waals surface area contributed by atoms with Gasteiger partial charge in [-0.25, -0.2) is 0 Å². The number of carboxylic acid groups (broad SMARTS) is 1. The molecule has 176 valence electrons. The van der Waals surface area contributed by atoms with Crippen molar-refractivity contribution in [3.63, 3.8) is 0 Å². The van der Waals surface area contributed by atoms with Crippen LogP contribution >= 0.6 is 0 Å². The Kier molecular flexibility index (Phi) is 8.67. The Morgan fingerprint density at radius 1 is 1.22 bits per heavy atom. The molecule has 2 bridgehead atoms. The SMILES string of the molecule is CC(C)=CCCN1C[C@H]2C[C@@H](C1)[C@H](CNC(=O)C1CCCC1)n1c2cccc1=O.O=CO. The molecule has 0 unspecified atom stereocenters. The lowest BCUT2D eigenvalue weighted by molar-refractivity contribution is -0.125. The summed E-state index contributed by atoms with van der Waals surface area (Å²) in [6.45, 7) is 7.73. The minimum atomic E-state index is -0.250. The van der Waals surface area contributed by atoms with Gasteiger partial charge in [-0.15, -0.1) is 0 Å². The number of nitrogens with one attached hydrogen (secondary N) is 1. The predicted molar refractivity (Wildman–Crippen MR) is 125 cm³/mol. The van der Waals surface area contributed by atoms with Crippen LogP contribution in [0, 0.1) is 11.8 Å². The topological polar surface area (TPSA) is 91.6 Å². The molecule has 2 fully saturated rings. The van der Waals surface area contributed by atoms with Crippen LogP contribution in [0.2, 0.25) is 0 Å². The number of fused-ring (bicyclic) bond motifs is 4. The van der Waals surface area contributed by atoms with Gasteiger partial charge in [0.15, 0.2) is 0 Å². The molecule has 32 heavy (non-hydrogen) atoms. The second kappa shape index (κ2) is 11.5. The molecule has 1 aliphatic carbocycles. The normalized spacial score (nSPS) is 24.6. The Hall–Kier alpha value is -2.41. The van der Waals surface area contributed by atoms with Gasteiger partial charge >= 0.3 is 0 Å². The molecular weight excluding hydrogens is 406 g/mol. The van der Waals surface area contributed by atoms with Crippen molar-refractivity contribution in [1.82, 2.24) is 14.8 Å². The molecule has 7 heteroatoms. The van der Waals surface area contributed by atoms with E-state index in [1.807, 2.05) is 10.6 Å². The van der Waals surface area contributed by atoms with E-state index in [1.54, 1.807) is 6.07 Å². The van der Waals surface area contributed by atoms with E-state index in [0.29, 0.717) is 18.4 Å². The van der Waals surface area contributed by atoms with Gasteiger partial charge in [0.05, 0.1) is 6.04 Å². The van der Waals surface area contributed by atoms with Crippen molar-refractivity contribution in [3.05, 3.63) is 45.9 Å². The van der Waals surface area contributed by atoms with E-state index in [1.165, 1.54) is 5.57 Å². The minimum Gasteiger partial charge on any atom is -0.483 e. The molecule has 3 aliphatic rings. The summed E-state index contributed by atoms with van der Waals surface area (Å²) in [7, 11) is 0. The molecule has 1 aromatic heterocycles. The fourth-order valence-electron chi connectivity index (χ4n) is 5.65. The first kappa shape index (κ1) is 24.2. The molecule has 3 atom stereocenters. The van der Waals surface area contributed by atoms with Gasteiger partial charge in [-0.2, -0.15) is 0 Å². The van der Waals surface area contributed by atoms with Crippen LogP contribution in [0.3, 0.4) is 0 Å². The number of allylic oxidation sites excluding steroid dienone is 1. The van der Waals surface area contributed by atoms with E-state index in [-0.39, 0.29) is 29.9 Å². The molecule has 2 N–H and O–H groups in total. The largest absolute Gasteiger partial charge is 0.483 e. The maximum atomic E-state index is 12.8. The number of hydrogen-bond donors (Lipinski definition) is 2. The van der Waals surface area contributed by atoms with Crippen molar-refractivity contribution >= 4 is 12.4 Å². The van der Waals surface area contributed by atoms with Crippen LogP contribution in [-0.4, -0.2) is 53.1 Å². The second-order valence-corrected chi connectivity index (χ2v) is 9.58. The van der Waals surface area contributed by atoms with Gasteiger partial charge in [0, 0.05) is 49.8 Å². The number of hydrogen-bond acceptors (Lipinski definition) is 4. The molecule has 1 saturated carbocycles. The first-order valence-electron chi connectivity index (χ1n) is 11.9. The average molecular weight is 444 g/mol. The summed E-state index contributed by atoms with van der Waals surface area (Å²) in [6, 6.07) is 5.74. The number of nitrogens with zero attached hydrogens (tertiary/aromatic N) is 2. The summed E-state index contributed by atoms with van der Waals surface area (Å²) in [6.07, 6.45) is 8.85. The maximum absolute atomic E-state index is 12.8. The Bertz CT molecular complexity index is 868. The van der Waals surface area contributed by atoms with E-state index < -0.39 is 0 Å². The van der Waals surface area contributed by atoms with E-state index in [0.717, 1.165) is 63.9 Å². The number of aromatic nitrogens is 1. The highest BCUT2D eigenvalue weighted by Gasteiger charge is 2.40. The van der Waals surface area contributed by atoms with E-state index in [4.69, 9.17) is 9.90 Å². The predicted octanol–water partition coefficient (Wildman–Crippen LogP) is 3.17. The number of carbonyl (C=O) groups is 2. The van der Waals surface area contributed by atoms with E-state index >= 15 is 0 Å². The van der Waals surface area contributed by atoms with Crippen molar-refractivity contribution in [3.8, 4) is 0 Å². The van der Waals surface area contributed by atoms with Gasteiger partial charge in [0.25, 0.3) is 12.0 Å². The third kappa shape index (κ3) is 5.88. The van der Waals surface area contributed by atoms with Crippen LogP contribution in [0.5, 0.6) is 0 Å². The van der Waals surface area contributed by atoms with Gasteiger partial charge in [-0.1, -0.05) is 30.6 Å². The van der Waals surface area contributed by atoms with Crippen LogP contribution < -0.4 is 10.9 Å². The van der Waals surface area contributed by atoms with E-state index in [2.05, 4.69) is 36.2 Å². The van der Waals surface area contributed by atoms with Gasteiger partial charge in [-0.05, 0) is 51.5 Å². The summed E-state index contributed by atoms with van der Waals surface area (Å²) in [4.78, 5) is 36.3. The zero-order valence-corrected chi connectivity index (χ0v) is 19.3. The monoisotopic (exact) mass is 443 g/mol. The fraction of sp³-hybridized carbons (Fsp3) is 0.640. The Morgan fingerprint density at radius 2 is 1.94 bits per heavy atom. The zero-order chi connectivity index (χ0) is 23.1. The minimum absolute atomic E-state index is 0.0616. The number of likely N-dealkylation sites (tertiary alicyclic amines) is 1. The highest BCUT2D eigenvalue weighted by molar-refractivity contribution is 5.78. The molecule has 0 radical (unpaired) electrons. The molecule has 0 spiro atoms. The van der Waals surface area contributed by atoms with Gasteiger partial charge in [0.2, 0.25) is 5.91 Å². The summed E-state index contributed by atoms with van der Waals surface area (Å²) in [5, 5.41) is 10.1. The van der Waals surface area contributed by atoms with Gasteiger partial charge in [-0.3, -0.25) is 14.4 Å². The van der Waals surface area contributed by atoms with Crippen molar-refractivity contribution in [2.24, 2.45) is 11.8 Å². The van der Waals surface area contributed by atoms with Crippen molar-refractivity contribution in [2.45, 2.75) is 64.3 Å². The lowest BCUT2D eigenvalue weighted by Gasteiger charge is -2.47. The molecule has 1 saturated heterocycles. The number of carbonyl (C=O) groups excluding carboxylic acids is 1. The number of amides is 1. The number of piperidine rings is 1. The molecule has 1 amide bonds. The Labute approximate surface area is 190 Å². The van der Waals surface area contributed by atoms with Crippen LogP contribution in [-0.2, 0) is 9.59 Å². The Balaban J connectivity index is 0.000000913. The molecule has 2 aliphatic heterocycles. The Morgan fingerprint density at radius 3 is 2.62 bits per heavy atom. The first-order valence-corrected chi connectivity index (χ1v) is 11.9. The summed E-state index contributed by atoms with van der Waals surface area (Å²) in [5.74, 6) is 1.18. The maximum Gasteiger partial charge on any atom is 0.290 e. The van der Waals surface area contributed by atoms with Crippen molar-refractivity contribution < 1.29 is 14.7 Å². The summed E-state index contributed by atoms with van der Waals surface area (Å²) in [5.41, 5.74) is 2.60. The molecular formula is C25H37N3O4.